The average molecular weight is 402 g/mol. The van der Waals surface area contributed by atoms with Gasteiger partial charge in [0.2, 0.25) is 11.8 Å². The van der Waals surface area contributed by atoms with Crippen molar-refractivity contribution in [2.75, 3.05) is 5.32 Å². The average Bonchev–Trinajstić information content (AvgIpc) is 2.79. The molecule has 0 spiro atoms. The number of anilines is 1. The number of para-hydroxylation sites is 1. The van der Waals surface area contributed by atoms with E-state index in [1.54, 1.807) is 0 Å². The van der Waals surface area contributed by atoms with Crippen LogP contribution in [0, 0.1) is 0 Å². The molecule has 0 fully saturated rings. The highest BCUT2D eigenvalue weighted by Crippen LogP contribution is 2.10. The van der Waals surface area contributed by atoms with Crippen molar-refractivity contribution >= 4 is 17.5 Å². The molecule has 4 N–H and O–H groups in total. The topological polar surface area (TPSA) is 84.2 Å². The molecule has 0 aromatic heterocycles. The first-order valence-corrected chi connectivity index (χ1v) is 10.1. The number of hydrogen-bond acceptors (Lipinski definition) is 3. The lowest BCUT2D eigenvalue weighted by Gasteiger charge is -2.19. The Labute approximate surface area is 177 Å². The number of nitrogens with two attached hydrogens (primary N) is 1. The Balaban J connectivity index is 1.64. The number of carbonyl (C=O) groups excluding carboxylic acids is 2. The number of benzene rings is 3. The number of amides is 2. The van der Waals surface area contributed by atoms with Crippen LogP contribution in [0.1, 0.15) is 23.1 Å². The quantitative estimate of drug-likeness (QED) is 0.513. The minimum atomic E-state index is -0.657. The van der Waals surface area contributed by atoms with Crippen molar-refractivity contribution in [3.8, 4) is 0 Å². The first-order chi connectivity index (χ1) is 14.6. The van der Waals surface area contributed by atoms with E-state index in [0.717, 1.165) is 16.7 Å². The highest BCUT2D eigenvalue weighted by molar-refractivity contribution is 5.97. The number of rotatable bonds is 9. The Bertz CT molecular complexity index is 958. The second kappa shape index (κ2) is 10.9. The molecular formula is C25H27N3O2. The van der Waals surface area contributed by atoms with Crippen LogP contribution in [0.3, 0.4) is 0 Å². The molecule has 0 radical (unpaired) electrons. The molecule has 1 atom stereocenters. The third kappa shape index (κ3) is 6.57. The van der Waals surface area contributed by atoms with E-state index in [0.29, 0.717) is 31.5 Å². The maximum atomic E-state index is 12.9. The molecule has 2 amide bonds. The Morgan fingerprint density at radius 3 is 2.13 bits per heavy atom. The third-order valence-electron chi connectivity index (χ3n) is 4.84. The van der Waals surface area contributed by atoms with E-state index in [9.17, 15) is 9.59 Å². The van der Waals surface area contributed by atoms with Gasteiger partial charge in [0, 0.05) is 25.1 Å². The highest BCUT2D eigenvalue weighted by Gasteiger charge is 2.21. The molecule has 1 unspecified atom stereocenters. The molecule has 0 heterocycles. The van der Waals surface area contributed by atoms with Gasteiger partial charge in [0.25, 0.3) is 0 Å². The van der Waals surface area contributed by atoms with E-state index in [4.69, 9.17) is 5.73 Å². The minimum Gasteiger partial charge on any atom is -0.344 e. The van der Waals surface area contributed by atoms with Gasteiger partial charge in [-0.3, -0.25) is 9.59 Å². The van der Waals surface area contributed by atoms with Crippen LogP contribution in [0.4, 0.5) is 5.69 Å². The SMILES string of the molecule is NCc1cccc(CCC(=O)NC(Cc2ccccc2)C(=O)Nc2ccccc2)c1. The molecule has 0 bridgehead atoms. The van der Waals surface area contributed by atoms with Gasteiger partial charge < -0.3 is 16.4 Å². The van der Waals surface area contributed by atoms with Crippen molar-refractivity contribution in [3.05, 3.63) is 102 Å². The van der Waals surface area contributed by atoms with E-state index in [2.05, 4.69) is 10.6 Å². The zero-order chi connectivity index (χ0) is 21.2. The van der Waals surface area contributed by atoms with Crippen LogP contribution in [0.5, 0.6) is 0 Å². The summed E-state index contributed by atoms with van der Waals surface area (Å²) < 4.78 is 0. The summed E-state index contributed by atoms with van der Waals surface area (Å²) in [6, 6.07) is 26.2. The smallest absolute Gasteiger partial charge is 0.247 e. The van der Waals surface area contributed by atoms with Gasteiger partial charge in [-0.15, -0.1) is 0 Å². The number of carbonyl (C=O) groups is 2. The largest absolute Gasteiger partial charge is 0.344 e. The number of hydrogen-bond donors (Lipinski definition) is 3. The highest BCUT2D eigenvalue weighted by atomic mass is 16.2. The zero-order valence-corrected chi connectivity index (χ0v) is 16.9. The first kappa shape index (κ1) is 21.3. The second-order valence-corrected chi connectivity index (χ2v) is 7.19. The maximum absolute atomic E-state index is 12.9. The number of aryl methyl sites for hydroxylation is 1. The summed E-state index contributed by atoms with van der Waals surface area (Å²) in [6.07, 6.45) is 1.32. The molecule has 0 aliphatic heterocycles. The maximum Gasteiger partial charge on any atom is 0.247 e. The molecular weight excluding hydrogens is 374 g/mol. The van der Waals surface area contributed by atoms with Gasteiger partial charge in [-0.05, 0) is 35.2 Å². The van der Waals surface area contributed by atoms with Crippen LogP contribution in [0.2, 0.25) is 0 Å². The Morgan fingerprint density at radius 2 is 1.43 bits per heavy atom. The van der Waals surface area contributed by atoms with Crippen molar-refractivity contribution in [2.24, 2.45) is 5.73 Å². The van der Waals surface area contributed by atoms with Crippen LogP contribution in [-0.2, 0) is 29.0 Å². The zero-order valence-electron chi connectivity index (χ0n) is 16.9. The Morgan fingerprint density at radius 1 is 0.800 bits per heavy atom. The van der Waals surface area contributed by atoms with E-state index in [1.165, 1.54) is 0 Å². The van der Waals surface area contributed by atoms with Crippen molar-refractivity contribution in [3.63, 3.8) is 0 Å². The molecule has 3 aromatic carbocycles. The fourth-order valence-electron chi connectivity index (χ4n) is 3.25. The van der Waals surface area contributed by atoms with Gasteiger partial charge in [0.05, 0.1) is 0 Å². The summed E-state index contributed by atoms with van der Waals surface area (Å²) in [5.41, 5.74) is 9.47. The standard InChI is InChI=1S/C25H27N3O2/c26-18-21-11-7-10-20(16-21)14-15-24(29)28-23(17-19-8-3-1-4-9-19)25(30)27-22-12-5-2-6-13-22/h1-13,16,23H,14-15,17-18,26H2,(H,27,30)(H,28,29). The van der Waals surface area contributed by atoms with Gasteiger partial charge in [0.15, 0.2) is 0 Å². The fourth-order valence-corrected chi connectivity index (χ4v) is 3.25. The molecule has 0 saturated heterocycles. The van der Waals surface area contributed by atoms with Gasteiger partial charge in [-0.25, -0.2) is 0 Å². The fraction of sp³-hybridized carbons (Fsp3) is 0.200. The van der Waals surface area contributed by atoms with Crippen LogP contribution in [0.25, 0.3) is 0 Å². The first-order valence-electron chi connectivity index (χ1n) is 10.1. The monoisotopic (exact) mass is 401 g/mol. The molecule has 154 valence electrons. The lowest BCUT2D eigenvalue weighted by molar-refractivity contribution is -0.126. The van der Waals surface area contributed by atoms with Gasteiger partial charge in [-0.2, -0.15) is 0 Å². The predicted molar refractivity (Wildman–Crippen MR) is 120 cm³/mol. The van der Waals surface area contributed by atoms with E-state index >= 15 is 0 Å². The molecule has 5 heteroatoms. The molecule has 30 heavy (non-hydrogen) atoms. The Kier molecular flexibility index (Phi) is 7.75. The number of nitrogens with one attached hydrogen (secondary N) is 2. The summed E-state index contributed by atoms with van der Waals surface area (Å²) in [5.74, 6) is -0.388. The lowest BCUT2D eigenvalue weighted by Crippen LogP contribution is -2.45. The van der Waals surface area contributed by atoms with Crippen molar-refractivity contribution in [1.82, 2.24) is 5.32 Å². The van der Waals surface area contributed by atoms with Crippen LogP contribution >= 0.6 is 0 Å². The molecule has 0 saturated carbocycles. The lowest BCUT2D eigenvalue weighted by atomic mass is 10.0. The summed E-state index contributed by atoms with van der Waals surface area (Å²) in [6.45, 7) is 0.471. The van der Waals surface area contributed by atoms with Gasteiger partial charge >= 0.3 is 0 Å². The summed E-state index contributed by atoms with van der Waals surface area (Å²) in [4.78, 5) is 25.5. The van der Waals surface area contributed by atoms with Crippen molar-refractivity contribution in [1.29, 1.82) is 0 Å². The molecule has 0 aliphatic carbocycles. The van der Waals surface area contributed by atoms with Crippen LogP contribution < -0.4 is 16.4 Å². The van der Waals surface area contributed by atoms with Crippen molar-refractivity contribution < 1.29 is 9.59 Å². The second-order valence-electron chi connectivity index (χ2n) is 7.19. The summed E-state index contributed by atoms with van der Waals surface area (Å²) in [7, 11) is 0. The minimum absolute atomic E-state index is 0.155. The van der Waals surface area contributed by atoms with Gasteiger partial charge in [0.1, 0.15) is 6.04 Å². The molecule has 5 nitrogen and oxygen atoms in total. The van der Waals surface area contributed by atoms with E-state index in [1.807, 2.05) is 84.9 Å². The summed E-state index contributed by atoms with van der Waals surface area (Å²) >= 11 is 0. The normalized spacial score (nSPS) is 11.5. The van der Waals surface area contributed by atoms with Crippen LogP contribution in [0.15, 0.2) is 84.9 Å². The molecule has 3 aromatic rings. The van der Waals surface area contributed by atoms with Crippen molar-refractivity contribution in [2.45, 2.75) is 31.8 Å². The van der Waals surface area contributed by atoms with Gasteiger partial charge in [-0.1, -0.05) is 72.8 Å². The van der Waals surface area contributed by atoms with Crippen LogP contribution in [-0.4, -0.2) is 17.9 Å². The predicted octanol–water partition coefficient (Wildman–Crippen LogP) is 3.44. The Hall–Kier alpha value is -3.44. The molecule has 0 aliphatic rings. The third-order valence-corrected chi connectivity index (χ3v) is 4.84. The molecule has 3 rings (SSSR count). The van der Waals surface area contributed by atoms with E-state index in [-0.39, 0.29) is 11.8 Å². The summed E-state index contributed by atoms with van der Waals surface area (Å²) in [5, 5.41) is 5.80. The van der Waals surface area contributed by atoms with E-state index < -0.39 is 6.04 Å².